The summed E-state index contributed by atoms with van der Waals surface area (Å²) < 4.78 is 17.7. The molecule has 0 radical (unpaired) electrons. The molecule has 0 unspecified atom stereocenters. The van der Waals surface area contributed by atoms with Crippen LogP contribution in [0.5, 0.6) is 0 Å². The van der Waals surface area contributed by atoms with Crippen LogP contribution in [0.2, 0.25) is 0 Å². The maximum absolute atomic E-state index is 12.8. The van der Waals surface area contributed by atoms with Crippen molar-refractivity contribution < 1.29 is 14.1 Å². The lowest BCUT2D eigenvalue weighted by Gasteiger charge is -2.02. The van der Waals surface area contributed by atoms with Crippen molar-refractivity contribution in [3.63, 3.8) is 0 Å². The highest BCUT2D eigenvalue weighted by atomic mass is 19.1. The third-order valence-electron chi connectivity index (χ3n) is 1.99. The number of hydrogen-bond donors (Lipinski definition) is 2. The van der Waals surface area contributed by atoms with Crippen LogP contribution in [0.15, 0.2) is 12.1 Å². The zero-order chi connectivity index (χ0) is 8.72. The van der Waals surface area contributed by atoms with E-state index in [1.807, 2.05) is 0 Å². The SMILES string of the molecule is Nc1c(F)ccc2c1COB2O. The van der Waals surface area contributed by atoms with Crippen molar-refractivity contribution in [3.8, 4) is 0 Å². The van der Waals surface area contributed by atoms with Gasteiger partial charge >= 0.3 is 7.12 Å². The molecule has 3 nitrogen and oxygen atoms in total. The maximum Gasteiger partial charge on any atom is 0.491 e. The van der Waals surface area contributed by atoms with E-state index in [-0.39, 0.29) is 12.3 Å². The van der Waals surface area contributed by atoms with E-state index in [1.54, 1.807) is 0 Å². The van der Waals surface area contributed by atoms with Gasteiger partial charge in [0.2, 0.25) is 0 Å². The van der Waals surface area contributed by atoms with E-state index >= 15 is 0 Å². The predicted molar refractivity (Wildman–Crippen MR) is 43.2 cm³/mol. The molecule has 0 atom stereocenters. The summed E-state index contributed by atoms with van der Waals surface area (Å²) in [4.78, 5) is 0. The van der Waals surface area contributed by atoms with Crippen LogP contribution in [0.1, 0.15) is 5.56 Å². The quantitative estimate of drug-likeness (QED) is 0.409. The standard InChI is InChI=1S/C7H7BFNO2/c9-6-2-1-5-4(7(6)10)3-12-8(5)11/h1-2,11H,3,10H2. The highest BCUT2D eigenvalue weighted by molar-refractivity contribution is 6.61. The van der Waals surface area contributed by atoms with Gasteiger partial charge in [-0.2, -0.15) is 0 Å². The Morgan fingerprint density at radius 1 is 1.58 bits per heavy atom. The van der Waals surface area contributed by atoms with Crippen molar-refractivity contribution in [3.05, 3.63) is 23.5 Å². The third kappa shape index (κ3) is 0.905. The molecule has 0 aliphatic carbocycles. The van der Waals surface area contributed by atoms with E-state index in [2.05, 4.69) is 0 Å². The first-order valence-electron chi connectivity index (χ1n) is 3.56. The van der Waals surface area contributed by atoms with Crippen LogP contribution >= 0.6 is 0 Å². The number of halogens is 1. The highest BCUT2D eigenvalue weighted by Gasteiger charge is 2.29. The summed E-state index contributed by atoms with van der Waals surface area (Å²) in [6, 6.07) is 2.71. The monoisotopic (exact) mass is 167 g/mol. The molecule has 0 saturated heterocycles. The van der Waals surface area contributed by atoms with Gasteiger partial charge in [0.1, 0.15) is 5.82 Å². The number of benzene rings is 1. The van der Waals surface area contributed by atoms with Gasteiger partial charge in [0.05, 0.1) is 12.3 Å². The van der Waals surface area contributed by atoms with Gasteiger partial charge in [0.25, 0.3) is 0 Å². The summed E-state index contributed by atoms with van der Waals surface area (Å²) in [5, 5.41) is 9.20. The molecule has 0 spiro atoms. The molecule has 0 bridgehead atoms. The second kappa shape index (κ2) is 2.47. The topological polar surface area (TPSA) is 55.5 Å². The van der Waals surface area contributed by atoms with E-state index in [0.717, 1.165) is 0 Å². The van der Waals surface area contributed by atoms with Gasteiger partial charge in [0, 0.05) is 5.56 Å². The first kappa shape index (κ1) is 7.58. The molecule has 62 valence electrons. The molecular weight excluding hydrogens is 160 g/mol. The van der Waals surface area contributed by atoms with Crippen molar-refractivity contribution in [2.24, 2.45) is 0 Å². The number of rotatable bonds is 0. The minimum atomic E-state index is -0.956. The summed E-state index contributed by atoms with van der Waals surface area (Å²) in [5.74, 6) is -0.466. The normalized spacial score (nSPS) is 15.0. The molecule has 0 aromatic heterocycles. The minimum absolute atomic E-state index is 0.0732. The zero-order valence-electron chi connectivity index (χ0n) is 6.25. The molecular formula is C7H7BFNO2. The Hall–Kier alpha value is -1.07. The summed E-state index contributed by atoms with van der Waals surface area (Å²) in [5.41, 5.74) is 6.62. The van der Waals surface area contributed by atoms with Crippen molar-refractivity contribution >= 4 is 18.3 Å². The van der Waals surface area contributed by atoms with Gasteiger partial charge < -0.3 is 15.4 Å². The van der Waals surface area contributed by atoms with E-state index in [9.17, 15) is 9.41 Å². The van der Waals surface area contributed by atoms with E-state index in [0.29, 0.717) is 11.0 Å². The minimum Gasteiger partial charge on any atom is -0.423 e. The molecule has 0 saturated carbocycles. The smallest absolute Gasteiger partial charge is 0.423 e. The fraction of sp³-hybridized carbons (Fsp3) is 0.143. The zero-order valence-corrected chi connectivity index (χ0v) is 6.25. The molecule has 5 heteroatoms. The Balaban J connectivity index is 2.60. The van der Waals surface area contributed by atoms with Gasteiger partial charge in [-0.3, -0.25) is 0 Å². The Morgan fingerprint density at radius 3 is 3.08 bits per heavy atom. The molecule has 1 aliphatic heterocycles. The number of nitrogens with two attached hydrogens (primary N) is 1. The summed E-state index contributed by atoms with van der Waals surface area (Å²) in [7, 11) is -0.956. The largest absolute Gasteiger partial charge is 0.491 e. The molecule has 2 rings (SSSR count). The number of nitrogen functional groups attached to an aromatic ring is 1. The van der Waals surface area contributed by atoms with Crippen molar-refractivity contribution in [1.29, 1.82) is 0 Å². The van der Waals surface area contributed by atoms with E-state index in [1.165, 1.54) is 12.1 Å². The second-order valence-corrected chi connectivity index (χ2v) is 2.69. The molecule has 3 N–H and O–H groups in total. The van der Waals surface area contributed by atoms with E-state index < -0.39 is 12.9 Å². The molecule has 1 aliphatic rings. The Morgan fingerprint density at radius 2 is 2.33 bits per heavy atom. The lowest BCUT2D eigenvalue weighted by atomic mass is 9.79. The van der Waals surface area contributed by atoms with Crippen molar-refractivity contribution in [2.75, 3.05) is 5.73 Å². The lowest BCUT2D eigenvalue weighted by Crippen LogP contribution is -2.28. The summed E-state index contributed by atoms with van der Waals surface area (Å²) in [6.45, 7) is 0.181. The van der Waals surface area contributed by atoms with Gasteiger partial charge in [-0.15, -0.1) is 0 Å². The average molecular weight is 167 g/mol. The molecule has 12 heavy (non-hydrogen) atoms. The van der Waals surface area contributed by atoms with Crippen LogP contribution in [0, 0.1) is 5.82 Å². The molecule has 0 fully saturated rings. The number of fused-ring (bicyclic) bond motifs is 1. The molecule has 1 aromatic carbocycles. The highest BCUT2D eigenvalue weighted by Crippen LogP contribution is 2.19. The van der Waals surface area contributed by atoms with Crippen molar-refractivity contribution in [1.82, 2.24) is 0 Å². The first-order chi connectivity index (χ1) is 5.70. The number of hydrogen-bond acceptors (Lipinski definition) is 3. The Kier molecular flexibility index (Phi) is 1.56. The van der Waals surface area contributed by atoms with Crippen LogP contribution in [0.25, 0.3) is 0 Å². The van der Waals surface area contributed by atoms with Crippen LogP contribution in [-0.2, 0) is 11.3 Å². The lowest BCUT2D eigenvalue weighted by molar-refractivity contribution is 0.275. The van der Waals surface area contributed by atoms with Gasteiger partial charge in [-0.25, -0.2) is 4.39 Å². The van der Waals surface area contributed by atoms with Crippen LogP contribution < -0.4 is 11.2 Å². The van der Waals surface area contributed by atoms with E-state index in [4.69, 9.17) is 10.4 Å². The molecule has 1 heterocycles. The maximum atomic E-state index is 12.8. The Labute approximate surface area is 69.1 Å². The summed E-state index contributed by atoms with van der Waals surface area (Å²) in [6.07, 6.45) is 0. The van der Waals surface area contributed by atoms with Crippen molar-refractivity contribution in [2.45, 2.75) is 6.61 Å². The average Bonchev–Trinajstić information content (AvgIpc) is 2.41. The number of anilines is 1. The third-order valence-corrected chi connectivity index (χ3v) is 1.99. The summed E-state index contributed by atoms with van der Waals surface area (Å²) >= 11 is 0. The van der Waals surface area contributed by atoms with Crippen LogP contribution in [-0.4, -0.2) is 12.1 Å². The Bertz CT molecular complexity index is 331. The fourth-order valence-corrected chi connectivity index (χ4v) is 1.30. The first-order valence-corrected chi connectivity index (χ1v) is 3.56. The van der Waals surface area contributed by atoms with Gasteiger partial charge in [-0.05, 0) is 11.5 Å². The molecule has 1 aromatic rings. The fourth-order valence-electron chi connectivity index (χ4n) is 1.30. The second-order valence-electron chi connectivity index (χ2n) is 2.69. The van der Waals surface area contributed by atoms with Crippen LogP contribution in [0.4, 0.5) is 10.1 Å². The molecule has 0 amide bonds. The predicted octanol–water partition coefficient (Wildman–Crippen LogP) is -0.374. The van der Waals surface area contributed by atoms with Gasteiger partial charge in [0.15, 0.2) is 0 Å². The van der Waals surface area contributed by atoms with Gasteiger partial charge in [-0.1, -0.05) is 6.07 Å². The van der Waals surface area contributed by atoms with Crippen LogP contribution in [0.3, 0.4) is 0 Å².